The van der Waals surface area contributed by atoms with Gasteiger partial charge in [0.2, 0.25) is 0 Å². The lowest BCUT2D eigenvalue weighted by Gasteiger charge is -2.10. The van der Waals surface area contributed by atoms with E-state index in [1.807, 2.05) is 55.5 Å². The van der Waals surface area contributed by atoms with Gasteiger partial charge in [-0.05, 0) is 49.2 Å². The summed E-state index contributed by atoms with van der Waals surface area (Å²) in [4.78, 5) is 0. The fraction of sp³-hybridized carbons (Fsp3) is 0.222. The third-order valence-corrected chi connectivity index (χ3v) is 2.99. The number of aryl methyl sites for hydroxylation is 1. The highest BCUT2D eigenvalue weighted by atomic mass is 16.5. The van der Waals surface area contributed by atoms with Crippen molar-refractivity contribution in [2.45, 2.75) is 20.0 Å². The molecule has 2 heteroatoms. The molecule has 2 nitrogen and oxygen atoms in total. The molecule has 0 heterocycles. The lowest BCUT2D eigenvalue weighted by molar-refractivity contribution is 0.199. The zero-order valence-corrected chi connectivity index (χ0v) is 11.8. The van der Waals surface area contributed by atoms with E-state index >= 15 is 0 Å². The van der Waals surface area contributed by atoms with E-state index in [0.29, 0.717) is 6.61 Å². The summed E-state index contributed by atoms with van der Waals surface area (Å²) in [7, 11) is 0. The van der Waals surface area contributed by atoms with Crippen molar-refractivity contribution in [1.29, 1.82) is 0 Å². The zero-order valence-electron chi connectivity index (χ0n) is 11.8. The van der Waals surface area contributed by atoms with Gasteiger partial charge in [0.25, 0.3) is 0 Å². The summed E-state index contributed by atoms with van der Waals surface area (Å²) in [6.07, 6.45) is -0.458. The molecule has 0 aliphatic heterocycles. The van der Waals surface area contributed by atoms with Gasteiger partial charge < -0.3 is 9.84 Å². The molecule has 102 valence electrons. The molecule has 1 atom stereocenters. The second kappa shape index (κ2) is 6.79. The van der Waals surface area contributed by atoms with Crippen molar-refractivity contribution in [1.82, 2.24) is 0 Å². The van der Waals surface area contributed by atoms with Crippen LogP contribution < -0.4 is 4.74 Å². The van der Waals surface area contributed by atoms with Crippen LogP contribution in [0.5, 0.6) is 5.75 Å². The molecule has 1 N–H and O–H groups in total. The standard InChI is InChI=1S/C18H18O2/c1-14-13-17(15(2)19)10-11-18(14)20-12-6-9-16-7-4-3-5-8-16/h3-5,7-8,10-11,13,15,19H,12H2,1-2H3/t15-/m1/s1. The average molecular weight is 266 g/mol. The molecule has 0 bridgehead atoms. The van der Waals surface area contributed by atoms with E-state index in [2.05, 4.69) is 11.8 Å². The predicted octanol–water partition coefficient (Wildman–Crippen LogP) is 3.48. The Labute approximate surface area is 120 Å². The summed E-state index contributed by atoms with van der Waals surface area (Å²) in [5, 5.41) is 9.52. The normalized spacial score (nSPS) is 11.3. The van der Waals surface area contributed by atoms with Crippen molar-refractivity contribution in [3.8, 4) is 17.6 Å². The van der Waals surface area contributed by atoms with Gasteiger partial charge in [-0.2, -0.15) is 0 Å². The van der Waals surface area contributed by atoms with Crippen LogP contribution in [0.2, 0.25) is 0 Å². The SMILES string of the molecule is Cc1cc([C@@H](C)O)ccc1OCC#Cc1ccccc1. The topological polar surface area (TPSA) is 29.5 Å². The molecule has 2 aromatic carbocycles. The third-order valence-electron chi connectivity index (χ3n) is 2.99. The van der Waals surface area contributed by atoms with Crippen LogP contribution in [0.1, 0.15) is 29.7 Å². The summed E-state index contributed by atoms with van der Waals surface area (Å²) in [5.74, 6) is 6.84. The third kappa shape index (κ3) is 3.88. The van der Waals surface area contributed by atoms with Crippen LogP contribution in [0.3, 0.4) is 0 Å². The quantitative estimate of drug-likeness (QED) is 0.862. The van der Waals surface area contributed by atoms with Gasteiger partial charge in [-0.1, -0.05) is 36.1 Å². The molecule has 0 amide bonds. The zero-order chi connectivity index (χ0) is 14.4. The smallest absolute Gasteiger partial charge is 0.149 e. The Balaban J connectivity index is 1.97. The molecule has 0 fully saturated rings. The monoisotopic (exact) mass is 266 g/mol. The van der Waals surface area contributed by atoms with Crippen molar-refractivity contribution in [3.05, 3.63) is 65.2 Å². The minimum Gasteiger partial charge on any atom is -0.481 e. The van der Waals surface area contributed by atoms with Gasteiger partial charge in [-0.25, -0.2) is 0 Å². The van der Waals surface area contributed by atoms with Crippen molar-refractivity contribution in [3.63, 3.8) is 0 Å². The van der Waals surface area contributed by atoms with E-state index in [9.17, 15) is 5.11 Å². The van der Waals surface area contributed by atoms with E-state index in [1.165, 1.54) is 0 Å². The number of hydrogen-bond donors (Lipinski definition) is 1. The Bertz CT molecular complexity index is 619. The van der Waals surface area contributed by atoms with Crippen LogP contribution in [0.15, 0.2) is 48.5 Å². The first-order chi connectivity index (χ1) is 9.66. The van der Waals surface area contributed by atoms with Crippen LogP contribution in [0.25, 0.3) is 0 Å². The lowest BCUT2D eigenvalue weighted by Crippen LogP contribution is -1.98. The molecule has 0 aromatic heterocycles. The Morgan fingerprint density at radius 1 is 1.15 bits per heavy atom. The molecule has 0 unspecified atom stereocenters. The van der Waals surface area contributed by atoms with Crippen molar-refractivity contribution < 1.29 is 9.84 Å². The van der Waals surface area contributed by atoms with Gasteiger partial charge >= 0.3 is 0 Å². The summed E-state index contributed by atoms with van der Waals surface area (Å²) >= 11 is 0. The van der Waals surface area contributed by atoms with Crippen molar-refractivity contribution in [2.24, 2.45) is 0 Å². The molecule has 0 spiro atoms. The van der Waals surface area contributed by atoms with Crippen LogP contribution in [0.4, 0.5) is 0 Å². The van der Waals surface area contributed by atoms with Crippen molar-refractivity contribution in [2.75, 3.05) is 6.61 Å². The van der Waals surface area contributed by atoms with E-state index in [4.69, 9.17) is 4.74 Å². The van der Waals surface area contributed by atoms with Crippen LogP contribution >= 0.6 is 0 Å². The molecular formula is C18H18O2. The molecule has 2 aromatic rings. The molecule has 2 rings (SSSR count). The summed E-state index contributed by atoms with van der Waals surface area (Å²) < 4.78 is 5.64. The average Bonchev–Trinajstić information content (AvgIpc) is 2.46. The van der Waals surface area contributed by atoms with E-state index in [-0.39, 0.29) is 0 Å². The second-order valence-corrected chi connectivity index (χ2v) is 4.66. The molecular weight excluding hydrogens is 248 g/mol. The maximum Gasteiger partial charge on any atom is 0.149 e. The van der Waals surface area contributed by atoms with Gasteiger partial charge in [-0.3, -0.25) is 0 Å². The Morgan fingerprint density at radius 3 is 2.55 bits per heavy atom. The van der Waals surface area contributed by atoms with Crippen LogP contribution in [-0.2, 0) is 0 Å². The van der Waals surface area contributed by atoms with Crippen molar-refractivity contribution >= 4 is 0 Å². The highest BCUT2D eigenvalue weighted by Crippen LogP contribution is 2.22. The Kier molecular flexibility index (Phi) is 4.81. The van der Waals surface area contributed by atoms with Gasteiger partial charge in [-0.15, -0.1) is 0 Å². The minimum absolute atomic E-state index is 0.351. The first-order valence-electron chi connectivity index (χ1n) is 6.62. The molecule has 0 aliphatic carbocycles. The molecule has 20 heavy (non-hydrogen) atoms. The Morgan fingerprint density at radius 2 is 1.90 bits per heavy atom. The maximum atomic E-state index is 9.52. The molecule has 0 saturated carbocycles. The molecule has 0 saturated heterocycles. The Hall–Kier alpha value is -2.24. The fourth-order valence-corrected chi connectivity index (χ4v) is 1.87. The summed E-state index contributed by atoms with van der Waals surface area (Å²) in [6.45, 7) is 4.07. The molecule has 0 aliphatic rings. The number of hydrogen-bond acceptors (Lipinski definition) is 2. The number of benzene rings is 2. The number of aliphatic hydroxyl groups excluding tert-OH is 1. The maximum absolute atomic E-state index is 9.52. The van der Waals surface area contributed by atoms with Crippen LogP contribution in [0, 0.1) is 18.8 Å². The summed E-state index contributed by atoms with van der Waals surface area (Å²) in [6, 6.07) is 15.5. The van der Waals surface area contributed by atoms with Gasteiger partial charge in [0, 0.05) is 5.56 Å². The first-order valence-corrected chi connectivity index (χ1v) is 6.62. The highest BCUT2D eigenvalue weighted by molar-refractivity contribution is 5.38. The van der Waals surface area contributed by atoms with Gasteiger partial charge in [0.1, 0.15) is 12.4 Å². The van der Waals surface area contributed by atoms with E-state index < -0.39 is 6.10 Å². The summed E-state index contributed by atoms with van der Waals surface area (Å²) in [5.41, 5.74) is 2.88. The minimum atomic E-state index is -0.458. The lowest BCUT2D eigenvalue weighted by atomic mass is 10.1. The number of aliphatic hydroxyl groups is 1. The van der Waals surface area contributed by atoms with E-state index in [0.717, 1.165) is 22.4 Å². The number of rotatable bonds is 3. The fourth-order valence-electron chi connectivity index (χ4n) is 1.87. The first kappa shape index (κ1) is 14.2. The molecule has 0 radical (unpaired) electrons. The van der Waals surface area contributed by atoms with Crippen LogP contribution in [-0.4, -0.2) is 11.7 Å². The second-order valence-electron chi connectivity index (χ2n) is 4.66. The largest absolute Gasteiger partial charge is 0.481 e. The van der Waals surface area contributed by atoms with Gasteiger partial charge in [0.05, 0.1) is 6.10 Å². The van der Waals surface area contributed by atoms with Gasteiger partial charge in [0.15, 0.2) is 0 Å². The van der Waals surface area contributed by atoms with E-state index in [1.54, 1.807) is 6.92 Å². The number of ether oxygens (including phenoxy) is 1. The highest BCUT2D eigenvalue weighted by Gasteiger charge is 2.04. The predicted molar refractivity (Wildman–Crippen MR) is 80.6 cm³/mol.